The summed E-state index contributed by atoms with van der Waals surface area (Å²) < 4.78 is 67.2. The number of hydrogen-bond donors (Lipinski definition) is 2. The van der Waals surface area contributed by atoms with E-state index < -0.39 is 27.3 Å². The molecule has 0 bridgehead atoms. The van der Waals surface area contributed by atoms with E-state index in [2.05, 4.69) is 9.71 Å². The van der Waals surface area contributed by atoms with E-state index in [0.29, 0.717) is 22.5 Å². The lowest BCUT2D eigenvalue weighted by Gasteiger charge is -2.23. The number of benzene rings is 3. The molecule has 0 spiro atoms. The van der Waals surface area contributed by atoms with Crippen LogP contribution in [-0.2, 0) is 16.2 Å². The monoisotopic (exact) mass is 540 g/mol. The highest BCUT2D eigenvalue weighted by atomic mass is 32.2. The SMILES string of the molecule is Cc1cc(-c2ccc(C(F)(F)F)cc2)cc(-c2cccc(-c3cccc(S(=O)(=O)NC(C)(C)CO)c3)c2)n1. The molecule has 0 amide bonds. The average molecular weight is 541 g/mol. The number of halogens is 3. The Hall–Kier alpha value is -3.53. The molecule has 4 rings (SSSR count). The van der Waals surface area contributed by atoms with Gasteiger partial charge in [0.25, 0.3) is 0 Å². The fraction of sp³-hybridized carbons (Fsp3) is 0.207. The van der Waals surface area contributed by atoms with E-state index in [1.54, 1.807) is 32.0 Å². The maximum atomic E-state index is 13.0. The molecule has 38 heavy (non-hydrogen) atoms. The van der Waals surface area contributed by atoms with Gasteiger partial charge in [0.15, 0.2) is 0 Å². The van der Waals surface area contributed by atoms with Crippen molar-refractivity contribution in [3.05, 3.63) is 96.2 Å². The van der Waals surface area contributed by atoms with E-state index in [-0.39, 0.29) is 11.5 Å². The maximum Gasteiger partial charge on any atom is 0.416 e. The van der Waals surface area contributed by atoms with Gasteiger partial charge in [-0.15, -0.1) is 0 Å². The molecule has 0 saturated carbocycles. The molecule has 4 aromatic rings. The summed E-state index contributed by atoms with van der Waals surface area (Å²) in [5.74, 6) is 0. The number of alkyl halides is 3. The fourth-order valence-electron chi connectivity index (χ4n) is 3.99. The molecule has 2 N–H and O–H groups in total. The number of aliphatic hydroxyl groups is 1. The summed E-state index contributed by atoms with van der Waals surface area (Å²) in [7, 11) is -3.87. The molecule has 0 saturated heterocycles. The highest BCUT2D eigenvalue weighted by Gasteiger charge is 2.30. The van der Waals surface area contributed by atoms with Crippen LogP contribution in [0.4, 0.5) is 13.2 Å². The third kappa shape index (κ3) is 6.30. The van der Waals surface area contributed by atoms with Crippen LogP contribution in [0, 0.1) is 6.92 Å². The van der Waals surface area contributed by atoms with Crippen LogP contribution in [0.2, 0.25) is 0 Å². The number of sulfonamides is 1. The molecule has 0 aliphatic heterocycles. The van der Waals surface area contributed by atoms with Gasteiger partial charge in [0.05, 0.1) is 28.3 Å². The van der Waals surface area contributed by atoms with Gasteiger partial charge >= 0.3 is 6.18 Å². The van der Waals surface area contributed by atoms with E-state index >= 15 is 0 Å². The first-order chi connectivity index (χ1) is 17.8. The Labute approximate surface area is 220 Å². The second-order valence-electron chi connectivity index (χ2n) is 9.71. The van der Waals surface area contributed by atoms with Crippen molar-refractivity contribution in [3.63, 3.8) is 0 Å². The van der Waals surface area contributed by atoms with E-state index in [1.165, 1.54) is 18.2 Å². The normalized spacial score (nSPS) is 12.5. The number of aliphatic hydroxyl groups excluding tert-OH is 1. The quantitative estimate of drug-likeness (QED) is 0.282. The number of nitrogens with zero attached hydrogens (tertiary/aromatic N) is 1. The maximum absolute atomic E-state index is 13.0. The van der Waals surface area contributed by atoms with Crippen LogP contribution >= 0.6 is 0 Å². The van der Waals surface area contributed by atoms with E-state index in [9.17, 15) is 26.7 Å². The molecule has 1 aromatic heterocycles. The third-order valence-corrected chi connectivity index (χ3v) is 7.64. The average Bonchev–Trinajstić information content (AvgIpc) is 2.87. The zero-order valence-corrected chi connectivity index (χ0v) is 21.9. The molecule has 5 nitrogen and oxygen atoms in total. The summed E-state index contributed by atoms with van der Waals surface area (Å²) in [5, 5.41) is 9.45. The van der Waals surface area contributed by atoms with Crippen molar-refractivity contribution in [2.45, 2.75) is 37.4 Å². The van der Waals surface area contributed by atoms with Gasteiger partial charge in [-0.05, 0) is 85.5 Å². The number of hydrogen-bond acceptors (Lipinski definition) is 4. The standard InChI is InChI=1S/C29H27F3N2O3S/c1-19-14-24(20-10-12-25(13-11-20)29(30,31)32)17-27(33-19)23-8-4-6-21(15-23)22-7-5-9-26(16-22)38(36,37)34-28(2,3)18-35/h4-17,34-35H,18H2,1-3H3. The van der Waals surface area contributed by atoms with Crippen molar-refractivity contribution in [3.8, 4) is 33.5 Å². The predicted octanol–water partition coefficient (Wildman–Crippen LogP) is 6.46. The van der Waals surface area contributed by atoms with Gasteiger partial charge in [0.1, 0.15) is 0 Å². The lowest BCUT2D eigenvalue weighted by Crippen LogP contribution is -2.46. The molecule has 198 valence electrons. The van der Waals surface area contributed by atoms with Crippen LogP contribution in [0.3, 0.4) is 0 Å². The molecule has 0 fully saturated rings. The zero-order valence-electron chi connectivity index (χ0n) is 21.0. The second kappa shape index (κ2) is 10.3. The molecule has 3 aromatic carbocycles. The number of rotatable bonds is 7. The van der Waals surface area contributed by atoms with Gasteiger partial charge in [-0.2, -0.15) is 13.2 Å². The minimum absolute atomic E-state index is 0.0696. The molecular weight excluding hydrogens is 513 g/mol. The first-order valence-corrected chi connectivity index (χ1v) is 13.3. The molecule has 9 heteroatoms. The summed E-state index contributed by atoms with van der Waals surface area (Å²) in [6.07, 6.45) is -4.40. The molecular formula is C29H27F3N2O3S. The molecule has 0 aliphatic carbocycles. The highest BCUT2D eigenvalue weighted by Crippen LogP contribution is 2.33. The smallest absolute Gasteiger partial charge is 0.394 e. The molecule has 0 unspecified atom stereocenters. The van der Waals surface area contributed by atoms with E-state index in [0.717, 1.165) is 28.8 Å². The summed E-state index contributed by atoms with van der Waals surface area (Å²) in [6, 6.07) is 22.6. The van der Waals surface area contributed by atoms with E-state index in [4.69, 9.17) is 0 Å². The first-order valence-electron chi connectivity index (χ1n) is 11.8. The minimum Gasteiger partial charge on any atom is -0.394 e. The van der Waals surface area contributed by atoms with Gasteiger partial charge in [-0.3, -0.25) is 4.98 Å². The first kappa shape index (κ1) is 27.5. The van der Waals surface area contributed by atoms with Crippen molar-refractivity contribution in [1.82, 2.24) is 9.71 Å². The minimum atomic E-state index is -4.40. The topological polar surface area (TPSA) is 79.3 Å². The molecule has 0 radical (unpaired) electrons. The molecule has 0 aliphatic rings. The van der Waals surface area contributed by atoms with Crippen molar-refractivity contribution in [1.29, 1.82) is 0 Å². The Morgan fingerprint density at radius 1 is 0.789 bits per heavy atom. The highest BCUT2D eigenvalue weighted by molar-refractivity contribution is 7.89. The third-order valence-electron chi connectivity index (χ3n) is 5.94. The Morgan fingerprint density at radius 2 is 1.39 bits per heavy atom. The lowest BCUT2D eigenvalue weighted by atomic mass is 9.98. The van der Waals surface area contributed by atoms with Crippen LogP contribution in [-0.4, -0.2) is 30.7 Å². The van der Waals surface area contributed by atoms with Gasteiger partial charge < -0.3 is 5.11 Å². The van der Waals surface area contributed by atoms with Crippen molar-refractivity contribution in [2.24, 2.45) is 0 Å². The summed E-state index contributed by atoms with van der Waals surface area (Å²) in [5.41, 5.74) is 3.19. The van der Waals surface area contributed by atoms with Crippen LogP contribution in [0.1, 0.15) is 25.1 Å². The molecule has 1 heterocycles. The Balaban J connectivity index is 1.69. The van der Waals surface area contributed by atoms with Gasteiger partial charge in [0.2, 0.25) is 10.0 Å². The predicted molar refractivity (Wildman–Crippen MR) is 142 cm³/mol. The second-order valence-corrected chi connectivity index (χ2v) is 11.4. The Morgan fingerprint density at radius 3 is 2.03 bits per heavy atom. The van der Waals surface area contributed by atoms with Crippen LogP contribution in [0.15, 0.2) is 89.8 Å². The van der Waals surface area contributed by atoms with Gasteiger partial charge in [0, 0.05) is 11.3 Å². The van der Waals surface area contributed by atoms with Crippen LogP contribution in [0.25, 0.3) is 33.5 Å². The number of pyridine rings is 1. The van der Waals surface area contributed by atoms with Crippen molar-refractivity contribution >= 4 is 10.0 Å². The summed E-state index contributed by atoms with van der Waals surface area (Å²) in [4.78, 5) is 4.69. The number of nitrogens with one attached hydrogen (secondary N) is 1. The van der Waals surface area contributed by atoms with E-state index in [1.807, 2.05) is 43.3 Å². The van der Waals surface area contributed by atoms with Gasteiger partial charge in [-0.25, -0.2) is 13.1 Å². The lowest BCUT2D eigenvalue weighted by molar-refractivity contribution is -0.137. The Bertz CT molecular complexity index is 1570. The molecule has 0 atom stereocenters. The fourth-order valence-corrected chi connectivity index (χ4v) is 5.44. The number of aromatic nitrogens is 1. The van der Waals surface area contributed by atoms with Crippen LogP contribution < -0.4 is 4.72 Å². The largest absolute Gasteiger partial charge is 0.416 e. The number of aryl methyl sites for hydroxylation is 1. The van der Waals surface area contributed by atoms with Crippen molar-refractivity contribution < 1.29 is 26.7 Å². The van der Waals surface area contributed by atoms with Crippen molar-refractivity contribution in [2.75, 3.05) is 6.61 Å². The van der Waals surface area contributed by atoms with Crippen LogP contribution in [0.5, 0.6) is 0 Å². The zero-order chi connectivity index (χ0) is 27.7. The van der Waals surface area contributed by atoms with Gasteiger partial charge in [-0.1, -0.05) is 42.5 Å². The summed E-state index contributed by atoms with van der Waals surface area (Å²) >= 11 is 0. The Kier molecular flexibility index (Phi) is 7.47. The summed E-state index contributed by atoms with van der Waals surface area (Å²) in [6.45, 7) is 4.64.